The van der Waals surface area contributed by atoms with Gasteiger partial charge in [-0.05, 0) is 0 Å². The Balaban J connectivity index is 1.38. The monoisotopic (exact) mass is 608 g/mol. The van der Waals surface area contributed by atoms with Crippen LogP contribution >= 0.6 is 23.5 Å². The van der Waals surface area contributed by atoms with Crippen molar-refractivity contribution < 1.29 is 9.47 Å². The molecule has 5 rings (SSSR count). The van der Waals surface area contributed by atoms with E-state index in [0.29, 0.717) is 59.8 Å². The molecule has 2 nitrogen and oxygen atoms in total. The van der Waals surface area contributed by atoms with Crippen molar-refractivity contribution in [2.45, 2.75) is 6.29 Å². The van der Waals surface area contributed by atoms with E-state index in [1.807, 2.05) is 6.74 Å². The van der Waals surface area contributed by atoms with Crippen molar-refractivity contribution in [3.05, 3.63) is 38.1 Å². The number of hydrogen-bond acceptors (Lipinski definition) is 4. The number of fused-ring (bicyclic) bond motifs is 1. The molecule has 0 saturated carbocycles. The Kier molecular flexibility index (Phi) is 5.18. The van der Waals surface area contributed by atoms with Crippen molar-refractivity contribution in [2.75, 3.05) is 24.7 Å². The van der Waals surface area contributed by atoms with Gasteiger partial charge < -0.3 is 0 Å². The number of hydrogen-bond donors (Lipinski definition) is 0. The predicted octanol–water partition coefficient (Wildman–Crippen LogP) is 0.560. The third-order valence-corrected chi connectivity index (χ3v) is 23.4. The summed E-state index contributed by atoms with van der Waals surface area (Å²) in [6.45, 7) is 1.45. The molecule has 0 spiro atoms. The van der Waals surface area contributed by atoms with Crippen LogP contribution in [0.4, 0.5) is 0 Å². The minimum absolute atomic E-state index is 0.123. The molecule has 8 heteroatoms. The van der Waals surface area contributed by atoms with Crippen LogP contribution in [-0.4, -0.2) is 84.5 Å². The van der Waals surface area contributed by atoms with E-state index in [1.54, 1.807) is 16.5 Å². The Hall–Kier alpha value is 1.40. The Morgan fingerprint density at radius 3 is 2.22 bits per heavy atom. The van der Waals surface area contributed by atoms with E-state index in [2.05, 4.69) is 41.7 Å². The summed E-state index contributed by atoms with van der Waals surface area (Å²) >= 11 is 6.75. The van der Waals surface area contributed by atoms with Gasteiger partial charge in [0, 0.05) is 0 Å². The van der Waals surface area contributed by atoms with Gasteiger partial charge in [0.15, 0.2) is 0 Å². The molecule has 1 aromatic carbocycles. The quantitative estimate of drug-likeness (QED) is 0.437. The molecule has 0 unspecified atom stereocenters. The fourth-order valence-electron chi connectivity index (χ4n) is 2.49. The fourth-order valence-corrected chi connectivity index (χ4v) is 23.6. The maximum atomic E-state index is 5.66. The maximum absolute atomic E-state index is 5.66. The summed E-state index contributed by atoms with van der Waals surface area (Å²) in [5, 5.41) is 0. The molecule has 0 aliphatic carbocycles. The second-order valence-electron chi connectivity index (χ2n) is 5.03. The van der Waals surface area contributed by atoms with Gasteiger partial charge in [-0.15, -0.1) is 0 Å². The van der Waals surface area contributed by atoms with Gasteiger partial charge in [-0.1, -0.05) is 0 Å². The molecule has 1 fully saturated rings. The normalized spacial score (nSPS) is 24.5. The first-order valence-corrected chi connectivity index (χ1v) is 16.0. The van der Waals surface area contributed by atoms with E-state index in [-0.39, 0.29) is 6.29 Å². The van der Waals surface area contributed by atoms with Crippen LogP contribution in [0.3, 0.4) is 0 Å². The minimum atomic E-state index is -0.123. The topological polar surface area (TPSA) is 18.5 Å². The summed E-state index contributed by atoms with van der Waals surface area (Å²) < 4.78 is 21.8. The molecule has 1 aromatic rings. The second-order valence-corrected chi connectivity index (χ2v) is 19.7. The standard InChI is InChI=1S/C15H12O2S2Se4/c1-2-9-10(7-8(1)11-16-3-4-17-11)21-14(20-9)15-22-12-13(23-15)19-6-5-18-12/h1-2,7,11H,3-6H2. The summed E-state index contributed by atoms with van der Waals surface area (Å²) in [5.41, 5.74) is 1.22. The third kappa shape index (κ3) is 3.37. The summed E-state index contributed by atoms with van der Waals surface area (Å²) in [4.78, 5) is 0. The second kappa shape index (κ2) is 7.19. The van der Waals surface area contributed by atoms with Crippen molar-refractivity contribution in [1.82, 2.24) is 0 Å². The zero-order valence-corrected chi connectivity index (χ0v) is 20.4. The zero-order chi connectivity index (χ0) is 15.2. The molecule has 0 amide bonds. The Morgan fingerprint density at radius 2 is 1.48 bits per heavy atom. The molecule has 4 aliphatic heterocycles. The van der Waals surface area contributed by atoms with E-state index in [4.69, 9.17) is 9.47 Å². The molecule has 0 bridgehead atoms. The van der Waals surface area contributed by atoms with Gasteiger partial charge in [-0.2, -0.15) is 0 Å². The summed E-state index contributed by atoms with van der Waals surface area (Å²) in [6.07, 6.45) is -0.123. The summed E-state index contributed by atoms with van der Waals surface area (Å²) in [6, 6.07) is 6.93. The van der Waals surface area contributed by atoms with Crippen molar-refractivity contribution in [3.63, 3.8) is 0 Å². The molecule has 0 N–H and O–H groups in total. The molecule has 4 aliphatic rings. The Bertz CT molecular complexity index is 708. The van der Waals surface area contributed by atoms with Gasteiger partial charge in [0.25, 0.3) is 0 Å². The number of ether oxygens (including phenoxy) is 2. The van der Waals surface area contributed by atoms with Crippen LogP contribution in [0.5, 0.6) is 0 Å². The van der Waals surface area contributed by atoms with Crippen LogP contribution in [0.25, 0.3) is 0 Å². The van der Waals surface area contributed by atoms with Crippen LogP contribution < -0.4 is 8.92 Å². The van der Waals surface area contributed by atoms with Gasteiger partial charge in [-0.25, -0.2) is 0 Å². The molecule has 0 radical (unpaired) electrons. The summed E-state index contributed by atoms with van der Waals surface area (Å²) in [7, 11) is 0. The van der Waals surface area contributed by atoms with Crippen molar-refractivity contribution in [2.24, 2.45) is 0 Å². The van der Waals surface area contributed by atoms with Crippen LogP contribution in [0.2, 0.25) is 0 Å². The fraction of sp³-hybridized carbons (Fsp3) is 0.333. The first-order valence-electron chi connectivity index (χ1n) is 7.19. The molecule has 120 valence electrons. The van der Waals surface area contributed by atoms with Crippen LogP contribution in [0, 0.1) is 0 Å². The average Bonchev–Trinajstić information content (AvgIpc) is 3.31. The van der Waals surface area contributed by atoms with E-state index in [9.17, 15) is 0 Å². The molecule has 23 heavy (non-hydrogen) atoms. The third-order valence-electron chi connectivity index (χ3n) is 3.52. The van der Waals surface area contributed by atoms with Gasteiger partial charge in [-0.3, -0.25) is 0 Å². The van der Waals surface area contributed by atoms with Gasteiger partial charge in [0.05, 0.1) is 0 Å². The predicted molar refractivity (Wildman–Crippen MR) is 102 cm³/mol. The number of rotatable bonds is 1. The van der Waals surface area contributed by atoms with E-state index < -0.39 is 0 Å². The van der Waals surface area contributed by atoms with Crippen LogP contribution in [-0.2, 0) is 9.47 Å². The SMILES string of the molecule is c1cc2c(cc1C1OCCO1)[Se]C(=C1[Se]C3=C(SCCS3)[Se]1)[Se]2. The van der Waals surface area contributed by atoms with Gasteiger partial charge in [0.2, 0.25) is 0 Å². The van der Waals surface area contributed by atoms with E-state index in [1.165, 1.54) is 17.1 Å². The average molecular weight is 604 g/mol. The first-order chi connectivity index (χ1) is 11.4. The number of benzene rings is 1. The number of thioether (sulfide) groups is 2. The molecule has 0 aromatic heterocycles. The molecule has 1 saturated heterocycles. The molecule has 0 atom stereocenters. The Labute approximate surface area is 169 Å². The summed E-state index contributed by atoms with van der Waals surface area (Å²) in [5.74, 6) is 2.65. The van der Waals surface area contributed by atoms with Gasteiger partial charge >= 0.3 is 171 Å². The molecule has 4 heterocycles. The first kappa shape index (κ1) is 16.6. The van der Waals surface area contributed by atoms with Crippen LogP contribution in [0.15, 0.2) is 32.5 Å². The van der Waals surface area contributed by atoms with Crippen molar-refractivity contribution in [3.8, 4) is 0 Å². The van der Waals surface area contributed by atoms with E-state index >= 15 is 0 Å². The zero-order valence-electron chi connectivity index (χ0n) is 11.9. The van der Waals surface area contributed by atoms with Crippen molar-refractivity contribution in [1.29, 1.82) is 0 Å². The Morgan fingerprint density at radius 1 is 0.826 bits per heavy atom. The molecular formula is C15H12O2S2Se4. The van der Waals surface area contributed by atoms with Gasteiger partial charge in [0.1, 0.15) is 0 Å². The van der Waals surface area contributed by atoms with E-state index in [0.717, 1.165) is 13.2 Å². The van der Waals surface area contributed by atoms with Crippen molar-refractivity contribution >= 4 is 92.3 Å². The molecular weight excluding hydrogens is 592 g/mol. The van der Waals surface area contributed by atoms with Crippen LogP contribution in [0.1, 0.15) is 11.9 Å².